The van der Waals surface area contributed by atoms with E-state index >= 15 is 0 Å². The fraction of sp³-hybridized carbons (Fsp3) is 0.200. The van der Waals surface area contributed by atoms with E-state index < -0.39 is 0 Å². The molecule has 4 rings (SSSR count). The number of carbonyl (C=O) groups excluding carboxylic acids is 1. The molecule has 0 radical (unpaired) electrons. The summed E-state index contributed by atoms with van der Waals surface area (Å²) in [6, 6.07) is 9.31. The summed E-state index contributed by atoms with van der Waals surface area (Å²) in [5.74, 6) is 1.29. The largest absolute Gasteiger partial charge is 0.486 e. The number of fused-ring (bicyclic) bond motifs is 1. The van der Waals surface area contributed by atoms with E-state index in [9.17, 15) is 4.79 Å². The first kappa shape index (κ1) is 17.0. The van der Waals surface area contributed by atoms with Crippen LogP contribution in [0.3, 0.4) is 0 Å². The number of benzene rings is 1. The van der Waals surface area contributed by atoms with Crippen LogP contribution in [0.5, 0.6) is 11.5 Å². The number of hydrogen-bond acceptors (Lipinski definition) is 6. The van der Waals surface area contributed by atoms with Crippen molar-refractivity contribution < 1.29 is 14.3 Å². The summed E-state index contributed by atoms with van der Waals surface area (Å²) >= 11 is 0. The highest BCUT2D eigenvalue weighted by atomic mass is 16.6. The molecule has 1 aromatic carbocycles. The molecule has 0 bridgehead atoms. The second kappa shape index (κ2) is 7.41. The predicted molar refractivity (Wildman–Crippen MR) is 98.6 cm³/mol. The fourth-order valence-electron chi connectivity index (χ4n) is 2.92. The maximum Gasteiger partial charge on any atom is 0.255 e. The molecule has 2 aromatic heterocycles. The molecule has 1 aliphatic rings. The van der Waals surface area contributed by atoms with Gasteiger partial charge in [0.05, 0.1) is 12.1 Å². The van der Waals surface area contributed by atoms with Crippen LogP contribution in [0.1, 0.15) is 10.4 Å². The average Bonchev–Trinajstić information content (AvgIpc) is 2.74. The number of carbonyl (C=O) groups is 1. The molecule has 136 valence electrons. The van der Waals surface area contributed by atoms with Gasteiger partial charge in [0, 0.05) is 43.0 Å². The zero-order valence-electron chi connectivity index (χ0n) is 14.8. The third-order valence-electron chi connectivity index (χ3n) is 4.27. The number of rotatable bonds is 4. The van der Waals surface area contributed by atoms with E-state index in [4.69, 9.17) is 9.47 Å². The van der Waals surface area contributed by atoms with Crippen molar-refractivity contribution in [3.8, 4) is 22.6 Å². The van der Waals surface area contributed by atoms with Crippen molar-refractivity contribution >= 4 is 5.91 Å². The third kappa shape index (κ3) is 3.72. The van der Waals surface area contributed by atoms with Crippen molar-refractivity contribution in [2.24, 2.45) is 0 Å². The first-order valence-electron chi connectivity index (χ1n) is 8.55. The van der Waals surface area contributed by atoms with Crippen LogP contribution in [0.15, 0.2) is 61.4 Å². The number of likely N-dealkylation sites (N-methyl/N-ethyl adjacent to an activating group) is 1. The van der Waals surface area contributed by atoms with Gasteiger partial charge in [0.15, 0.2) is 17.6 Å². The van der Waals surface area contributed by atoms with Crippen molar-refractivity contribution in [1.82, 2.24) is 19.9 Å². The summed E-state index contributed by atoms with van der Waals surface area (Å²) in [6.45, 7) is 0.806. The summed E-state index contributed by atoms with van der Waals surface area (Å²) in [4.78, 5) is 26.6. The number of ether oxygens (including phenoxy) is 2. The van der Waals surface area contributed by atoms with E-state index in [1.54, 1.807) is 42.8 Å². The van der Waals surface area contributed by atoms with Gasteiger partial charge in [-0.25, -0.2) is 9.97 Å². The van der Waals surface area contributed by atoms with Crippen LogP contribution >= 0.6 is 0 Å². The molecule has 0 aliphatic carbocycles. The van der Waals surface area contributed by atoms with Gasteiger partial charge in [-0.15, -0.1) is 0 Å². The number of nitrogens with zero attached hydrogens (tertiary/aromatic N) is 4. The van der Waals surface area contributed by atoms with Crippen molar-refractivity contribution in [3.05, 3.63) is 67.0 Å². The van der Waals surface area contributed by atoms with Crippen LogP contribution in [0.4, 0.5) is 0 Å². The third-order valence-corrected chi connectivity index (χ3v) is 4.27. The topological polar surface area (TPSA) is 77.4 Å². The maximum atomic E-state index is 12.8. The van der Waals surface area contributed by atoms with Crippen LogP contribution in [0.2, 0.25) is 0 Å². The van der Waals surface area contributed by atoms with Crippen molar-refractivity contribution in [1.29, 1.82) is 0 Å². The minimum atomic E-state index is -0.229. The first-order valence-corrected chi connectivity index (χ1v) is 8.55. The minimum absolute atomic E-state index is 0.136. The lowest BCUT2D eigenvalue weighted by Gasteiger charge is -2.29. The molecule has 7 nitrogen and oxygen atoms in total. The van der Waals surface area contributed by atoms with Gasteiger partial charge in [0.25, 0.3) is 5.91 Å². The Hall–Kier alpha value is -3.48. The highest BCUT2D eigenvalue weighted by molar-refractivity contribution is 5.94. The Morgan fingerprint density at radius 1 is 1.07 bits per heavy atom. The van der Waals surface area contributed by atoms with Crippen molar-refractivity contribution in [2.45, 2.75) is 6.10 Å². The van der Waals surface area contributed by atoms with Crippen LogP contribution in [0, 0.1) is 0 Å². The second-order valence-electron chi connectivity index (χ2n) is 6.27. The summed E-state index contributed by atoms with van der Waals surface area (Å²) in [5, 5.41) is 0. The molecule has 1 aliphatic heterocycles. The van der Waals surface area contributed by atoms with Gasteiger partial charge in [0.2, 0.25) is 0 Å². The Labute approximate surface area is 156 Å². The zero-order valence-corrected chi connectivity index (χ0v) is 14.8. The highest BCUT2D eigenvalue weighted by Gasteiger charge is 2.24. The number of amides is 1. The van der Waals surface area contributed by atoms with E-state index in [1.807, 2.05) is 24.3 Å². The van der Waals surface area contributed by atoms with Gasteiger partial charge in [-0.1, -0.05) is 12.1 Å². The quantitative estimate of drug-likeness (QED) is 0.709. The molecule has 0 fully saturated rings. The molecule has 0 N–H and O–H groups in total. The van der Waals surface area contributed by atoms with E-state index in [2.05, 4.69) is 15.0 Å². The standard InChI is InChI=1S/C20H18N4O3/c1-24(11-17-12-26-18-4-2-3-5-19(18)27-17)20(25)15-6-14(7-21-8-15)16-9-22-13-23-10-16/h2-10,13,17H,11-12H2,1H3/t17-/m1/s1. The van der Waals surface area contributed by atoms with E-state index in [1.165, 1.54) is 6.33 Å². The fourth-order valence-corrected chi connectivity index (χ4v) is 2.92. The van der Waals surface area contributed by atoms with E-state index in [0.29, 0.717) is 24.5 Å². The van der Waals surface area contributed by atoms with Crippen LogP contribution in [-0.4, -0.2) is 52.1 Å². The number of para-hydroxylation sites is 2. The van der Waals surface area contributed by atoms with E-state index in [0.717, 1.165) is 16.9 Å². The zero-order chi connectivity index (χ0) is 18.6. The molecule has 0 saturated heterocycles. The summed E-state index contributed by atoms with van der Waals surface area (Å²) < 4.78 is 11.6. The van der Waals surface area contributed by atoms with Gasteiger partial charge >= 0.3 is 0 Å². The van der Waals surface area contributed by atoms with Crippen molar-refractivity contribution in [2.75, 3.05) is 20.2 Å². The monoisotopic (exact) mass is 362 g/mol. The molecular formula is C20H18N4O3. The van der Waals surface area contributed by atoms with Gasteiger partial charge in [-0.05, 0) is 18.2 Å². The lowest BCUT2D eigenvalue weighted by molar-refractivity contribution is 0.0520. The number of hydrogen-bond donors (Lipinski definition) is 0. The molecule has 1 atom stereocenters. The Bertz CT molecular complexity index is 949. The first-order chi connectivity index (χ1) is 13.2. The lowest BCUT2D eigenvalue weighted by Crippen LogP contribution is -2.41. The highest BCUT2D eigenvalue weighted by Crippen LogP contribution is 2.31. The van der Waals surface area contributed by atoms with Crippen LogP contribution in [-0.2, 0) is 0 Å². The lowest BCUT2D eigenvalue weighted by atomic mass is 10.1. The van der Waals surface area contributed by atoms with Gasteiger partial charge in [0.1, 0.15) is 12.9 Å². The number of pyridine rings is 1. The second-order valence-corrected chi connectivity index (χ2v) is 6.27. The van der Waals surface area contributed by atoms with Crippen molar-refractivity contribution in [3.63, 3.8) is 0 Å². The molecule has 3 heterocycles. The predicted octanol–water partition coefficient (Wildman–Crippen LogP) is 2.45. The van der Waals surface area contributed by atoms with Crippen LogP contribution in [0.25, 0.3) is 11.1 Å². The molecule has 0 spiro atoms. The Kier molecular flexibility index (Phi) is 4.65. The maximum absolute atomic E-state index is 12.8. The smallest absolute Gasteiger partial charge is 0.255 e. The molecule has 27 heavy (non-hydrogen) atoms. The summed E-state index contributed by atoms with van der Waals surface area (Å²) in [6.07, 6.45) is 7.85. The number of aromatic nitrogens is 3. The Morgan fingerprint density at radius 3 is 2.63 bits per heavy atom. The molecule has 0 unspecified atom stereocenters. The molecule has 3 aromatic rings. The van der Waals surface area contributed by atoms with Gasteiger partial charge in [-0.3, -0.25) is 9.78 Å². The molecular weight excluding hydrogens is 344 g/mol. The Balaban J connectivity index is 1.45. The summed E-state index contributed by atoms with van der Waals surface area (Å²) in [7, 11) is 1.74. The molecule has 0 saturated carbocycles. The normalized spacial score (nSPS) is 15.2. The van der Waals surface area contributed by atoms with E-state index in [-0.39, 0.29) is 12.0 Å². The van der Waals surface area contributed by atoms with Gasteiger partial charge < -0.3 is 14.4 Å². The SMILES string of the molecule is CN(C[C@@H]1COc2ccccc2O1)C(=O)c1cncc(-c2cncnc2)c1. The van der Waals surface area contributed by atoms with Gasteiger partial charge in [-0.2, -0.15) is 0 Å². The Morgan fingerprint density at radius 2 is 1.81 bits per heavy atom. The molecule has 7 heteroatoms. The summed E-state index contributed by atoms with van der Waals surface area (Å²) in [5.41, 5.74) is 2.10. The average molecular weight is 362 g/mol. The minimum Gasteiger partial charge on any atom is -0.486 e. The molecule has 1 amide bonds. The van der Waals surface area contributed by atoms with Crippen LogP contribution < -0.4 is 9.47 Å².